The van der Waals surface area contributed by atoms with E-state index in [9.17, 15) is 14.4 Å². The summed E-state index contributed by atoms with van der Waals surface area (Å²) in [6.07, 6.45) is 2.35. The highest BCUT2D eigenvalue weighted by atomic mass is 17.3. The summed E-state index contributed by atoms with van der Waals surface area (Å²) in [5.41, 5.74) is -0.716. The predicted molar refractivity (Wildman–Crippen MR) is 110 cm³/mol. The number of carbonyl (C=O) groups excluding carboxylic acids is 3. The third kappa shape index (κ3) is 3.94. The first kappa shape index (κ1) is 23.0. The monoisotopic (exact) mass is 467 g/mol. The molecule has 1 saturated carbocycles. The van der Waals surface area contributed by atoms with Gasteiger partial charge in [0.2, 0.25) is 18.0 Å². The van der Waals surface area contributed by atoms with Crippen molar-refractivity contribution in [2.75, 3.05) is 6.61 Å². The van der Waals surface area contributed by atoms with Gasteiger partial charge in [0.25, 0.3) is 0 Å². The van der Waals surface area contributed by atoms with E-state index in [4.69, 9.17) is 28.7 Å². The molecule has 0 radical (unpaired) electrons. The third-order valence-electron chi connectivity index (χ3n) is 8.17. The summed E-state index contributed by atoms with van der Waals surface area (Å²) in [6, 6.07) is -0.639. The van der Waals surface area contributed by atoms with Crippen LogP contribution in [-0.2, 0) is 43.1 Å². The van der Waals surface area contributed by atoms with Crippen LogP contribution in [0.5, 0.6) is 0 Å². The van der Waals surface area contributed by atoms with E-state index in [1.165, 1.54) is 0 Å². The normalized spacial score (nSPS) is 46.2. The summed E-state index contributed by atoms with van der Waals surface area (Å²) in [5.74, 6) is -1.66. The average molecular weight is 468 g/mol. The molecule has 5 saturated heterocycles. The topological polar surface area (TPSA) is 119 Å². The Morgan fingerprint density at radius 1 is 1.09 bits per heavy atom. The first-order valence-corrected chi connectivity index (χ1v) is 12.1. The SMILES string of the molecule is C[C@H]1[C@H](OC(=O)CCC(=O)N[C@@H]2CCOC2=O)O[C@@H]2O[C@@]3(C)CC[C@H]4[C@H](C)CC[C@H]1[C@@]24OO3. The maximum atomic E-state index is 12.6. The Morgan fingerprint density at radius 3 is 2.67 bits per heavy atom. The molecule has 0 aromatic heterocycles. The lowest BCUT2D eigenvalue weighted by atomic mass is 9.58. The molecule has 0 unspecified atom stereocenters. The van der Waals surface area contributed by atoms with E-state index in [0.717, 1.165) is 19.3 Å². The summed E-state index contributed by atoms with van der Waals surface area (Å²) < 4.78 is 23.0. The quantitative estimate of drug-likeness (QED) is 0.478. The van der Waals surface area contributed by atoms with Crippen LogP contribution in [0.3, 0.4) is 0 Å². The Kier molecular flexibility index (Phi) is 5.91. The number of rotatable bonds is 5. The van der Waals surface area contributed by atoms with Gasteiger partial charge in [-0.05, 0) is 38.0 Å². The summed E-state index contributed by atoms with van der Waals surface area (Å²) >= 11 is 0. The van der Waals surface area contributed by atoms with Crippen LogP contribution >= 0.6 is 0 Å². The van der Waals surface area contributed by atoms with E-state index in [0.29, 0.717) is 25.4 Å². The Bertz CT molecular complexity index is 820. The molecule has 0 aromatic rings. The van der Waals surface area contributed by atoms with Gasteiger partial charge in [0, 0.05) is 31.1 Å². The van der Waals surface area contributed by atoms with E-state index in [1.54, 1.807) is 0 Å². The molecule has 5 heterocycles. The second-order valence-corrected chi connectivity index (χ2v) is 10.3. The molecule has 2 bridgehead atoms. The number of amides is 1. The van der Waals surface area contributed by atoms with Crippen molar-refractivity contribution < 1.29 is 43.1 Å². The Hall–Kier alpha value is -1.75. The van der Waals surface area contributed by atoms with Gasteiger partial charge in [-0.1, -0.05) is 13.8 Å². The summed E-state index contributed by atoms with van der Waals surface area (Å²) in [7, 11) is 0. The minimum atomic E-state index is -0.897. The van der Waals surface area contributed by atoms with Crippen molar-refractivity contribution in [3.8, 4) is 0 Å². The lowest BCUT2D eigenvalue weighted by molar-refractivity contribution is -0.576. The molecular formula is C23H33NO9. The zero-order valence-corrected chi connectivity index (χ0v) is 19.4. The first-order valence-electron chi connectivity index (χ1n) is 12.1. The van der Waals surface area contributed by atoms with Gasteiger partial charge < -0.3 is 24.3 Å². The Balaban J connectivity index is 1.23. The van der Waals surface area contributed by atoms with Crippen LogP contribution in [0.25, 0.3) is 0 Å². The lowest BCUT2D eigenvalue weighted by Gasteiger charge is -2.59. The standard InChI is InChI=1S/C23H33NO9/c1-12-4-5-15-13(2)20(29-18(26)7-6-17(25)24-16-9-11-28-19(16)27)30-21-23(15)14(12)8-10-22(3,31-21)32-33-23/h12-16,20-21H,4-11H2,1-3H3,(H,24,25)/t12-,13-,14+,15-,16-,20-,21-,22-,23-/m1/s1. The molecule has 1 aliphatic carbocycles. The van der Waals surface area contributed by atoms with Gasteiger partial charge in [-0.25, -0.2) is 14.6 Å². The fraction of sp³-hybridized carbons (Fsp3) is 0.870. The van der Waals surface area contributed by atoms with Gasteiger partial charge in [-0.3, -0.25) is 9.59 Å². The number of carbonyl (C=O) groups is 3. The molecule has 1 spiro atoms. The molecule has 5 aliphatic heterocycles. The average Bonchev–Trinajstić information content (AvgIpc) is 3.03. The van der Waals surface area contributed by atoms with Crippen molar-refractivity contribution in [3.05, 3.63) is 0 Å². The molecular weight excluding hydrogens is 434 g/mol. The van der Waals surface area contributed by atoms with Crippen molar-refractivity contribution in [3.63, 3.8) is 0 Å². The molecule has 184 valence electrons. The van der Waals surface area contributed by atoms with Crippen LogP contribution < -0.4 is 5.32 Å². The van der Waals surface area contributed by atoms with Gasteiger partial charge >= 0.3 is 11.9 Å². The summed E-state index contributed by atoms with van der Waals surface area (Å²) in [5, 5.41) is 2.59. The molecule has 10 heteroatoms. The van der Waals surface area contributed by atoms with Crippen molar-refractivity contribution in [1.82, 2.24) is 5.32 Å². The van der Waals surface area contributed by atoms with E-state index >= 15 is 0 Å². The van der Waals surface area contributed by atoms with Crippen LogP contribution in [-0.4, -0.2) is 54.5 Å². The maximum absolute atomic E-state index is 12.6. The van der Waals surface area contributed by atoms with Crippen LogP contribution in [0.2, 0.25) is 0 Å². The zero-order chi connectivity index (χ0) is 23.4. The van der Waals surface area contributed by atoms with E-state index in [1.807, 2.05) is 13.8 Å². The molecule has 6 aliphatic rings. The second kappa shape index (κ2) is 8.48. The number of ether oxygens (including phenoxy) is 4. The van der Waals surface area contributed by atoms with Crippen LogP contribution in [0, 0.1) is 23.7 Å². The second-order valence-electron chi connectivity index (χ2n) is 10.3. The van der Waals surface area contributed by atoms with Gasteiger partial charge in [-0.15, -0.1) is 0 Å². The fourth-order valence-corrected chi connectivity index (χ4v) is 6.30. The fourth-order valence-electron chi connectivity index (χ4n) is 6.30. The molecule has 6 fully saturated rings. The molecule has 33 heavy (non-hydrogen) atoms. The van der Waals surface area contributed by atoms with Gasteiger partial charge in [-0.2, -0.15) is 0 Å². The third-order valence-corrected chi connectivity index (χ3v) is 8.17. The largest absolute Gasteiger partial charge is 0.464 e. The Labute approximate surface area is 192 Å². The highest BCUT2D eigenvalue weighted by molar-refractivity contribution is 5.87. The smallest absolute Gasteiger partial charge is 0.328 e. The highest BCUT2D eigenvalue weighted by Crippen LogP contribution is 2.60. The van der Waals surface area contributed by atoms with Crippen molar-refractivity contribution in [2.45, 2.75) is 95.7 Å². The molecule has 0 aromatic carbocycles. The summed E-state index contributed by atoms with van der Waals surface area (Å²) in [4.78, 5) is 48.0. The number of fused-ring (bicyclic) bond motifs is 2. The van der Waals surface area contributed by atoms with Gasteiger partial charge in [0.05, 0.1) is 13.0 Å². The van der Waals surface area contributed by atoms with Crippen molar-refractivity contribution in [2.24, 2.45) is 23.7 Å². The van der Waals surface area contributed by atoms with Crippen LogP contribution in [0.1, 0.15) is 65.7 Å². The van der Waals surface area contributed by atoms with E-state index in [2.05, 4.69) is 12.2 Å². The minimum absolute atomic E-state index is 0.0505. The van der Waals surface area contributed by atoms with Crippen LogP contribution in [0.15, 0.2) is 0 Å². The van der Waals surface area contributed by atoms with Gasteiger partial charge in [0.15, 0.2) is 11.9 Å². The first-order chi connectivity index (χ1) is 15.7. The number of nitrogens with one attached hydrogen (secondary N) is 1. The number of hydrogen-bond acceptors (Lipinski definition) is 9. The van der Waals surface area contributed by atoms with Crippen molar-refractivity contribution in [1.29, 1.82) is 0 Å². The molecule has 1 amide bonds. The van der Waals surface area contributed by atoms with Gasteiger partial charge in [0.1, 0.15) is 6.04 Å². The minimum Gasteiger partial charge on any atom is -0.464 e. The zero-order valence-electron chi connectivity index (χ0n) is 19.4. The lowest BCUT2D eigenvalue weighted by Crippen LogP contribution is -2.70. The highest BCUT2D eigenvalue weighted by Gasteiger charge is 2.69. The van der Waals surface area contributed by atoms with E-state index < -0.39 is 41.9 Å². The van der Waals surface area contributed by atoms with Crippen LogP contribution in [0.4, 0.5) is 0 Å². The molecule has 9 atom stereocenters. The Morgan fingerprint density at radius 2 is 1.91 bits per heavy atom. The number of hydrogen-bond donors (Lipinski definition) is 1. The molecule has 10 nitrogen and oxygen atoms in total. The summed E-state index contributed by atoms with van der Waals surface area (Å²) in [6.45, 7) is 6.38. The number of cyclic esters (lactones) is 1. The molecule has 1 N–H and O–H groups in total. The molecule has 6 rings (SSSR count). The van der Waals surface area contributed by atoms with Crippen molar-refractivity contribution >= 4 is 17.8 Å². The van der Waals surface area contributed by atoms with E-state index in [-0.39, 0.29) is 36.5 Å². The maximum Gasteiger partial charge on any atom is 0.328 e. The predicted octanol–water partition coefficient (Wildman–Crippen LogP) is 1.95. The number of esters is 2.